The Balaban J connectivity index is 1.66. The fourth-order valence-corrected chi connectivity index (χ4v) is 2.70. The highest BCUT2D eigenvalue weighted by Crippen LogP contribution is 2.27. The minimum atomic E-state index is 0.541. The highest BCUT2D eigenvalue weighted by atomic mass is 16.5. The third-order valence-electron chi connectivity index (χ3n) is 3.91. The number of rotatable bonds is 4. The van der Waals surface area contributed by atoms with Crippen molar-refractivity contribution in [2.45, 2.75) is 25.3 Å². The van der Waals surface area contributed by atoms with Crippen molar-refractivity contribution in [2.24, 2.45) is 0 Å². The summed E-state index contributed by atoms with van der Waals surface area (Å²) in [7, 11) is 2.04. The summed E-state index contributed by atoms with van der Waals surface area (Å²) in [5.74, 6) is 1.39. The predicted molar refractivity (Wildman–Crippen MR) is 79.9 cm³/mol. The van der Waals surface area contributed by atoms with Gasteiger partial charge in [0, 0.05) is 25.6 Å². The molecule has 1 fully saturated rings. The van der Waals surface area contributed by atoms with Crippen molar-refractivity contribution < 1.29 is 4.52 Å². The number of aromatic nitrogens is 1. The van der Waals surface area contributed by atoms with Crippen LogP contribution >= 0.6 is 0 Å². The van der Waals surface area contributed by atoms with Crippen molar-refractivity contribution >= 4 is 5.88 Å². The third kappa shape index (κ3) is 3.02. The van der Waals surface area contributed by atoms with Gasteiger partial charge in [-0.2, -0.15) is 0 Å². The fourth-order valence-electron chi connectivity index (χ4n) is 2.70. The van der Waals surface area contributed by atoms with E-state index in [0.29, 0.717) is 5.92 Å². The van der Waals surface area contributed by atoms with E-state index in [1.54, 1.807) is 0 Å². The van der Waals surface area contributed by atoms with E-state index >= 15 is 0 Å². The lowest BCUT2D eigenvalue weighted by Gasteiger charge is -2.20. The maximum absolute atomic E-state index is 5.51. The molecule has 0 bridgehead atoms. The van der Waals surface area contributed by atoms with Gasteiger partial charge in [0.05, 0.1) is 5.69 Å². The van der Waals surface area contributed by atoms with E-state index < -0.39 is 0 Å². The molecule has 1 aromatic carbocycles. The van der Waals surface area contributed by atoms with Gasteiger partial charge in [0.15, 0.2) is 0 Å². The summed E-state index contributed by atoms with van der Waals surface area (Å²) in [6.45, 7) is 2.99. The Bertz CT molecular complexity index is 532. The van der Waals surface area contributed by atoms with Crippen LogP contribution in [0, 0.1) is 0 Å². The molecule has 1 N–H and O–H groups in total. The predicted octanol–water partition coefficient (Wildman–Crippen LogP) is 2.78. The van der Waals surface area contributed by atoms with Crippen LogP contribution in [0.25, 0.3) is 0 Å². The van der Waals surface area contributed by atoms with Crippen LogP contribution in [-0.2, 0) is 6.54 Å². The summed E-state index contributed by atoms with van der Waals surface area (Å²) in [5, 5.41) is 7.64. The van der Waals surface area contributed by atoms with Gasteiger partial charge in [-0.1, -0.05) is 35.5 Å². The second-order valence-electron chi connectivity index (χ2n) is 5.46. The molecule has 4 heteroatoms. The molecule has 2 heterocycles. The van der Waals surface area contributed by atoms with Gasteiger partial charge in [0.2, 0.25) is 5.88 Å². The van der Waals surface area contributed by atoms with Crippen LogP contribution in [0.3, 0.4) is 0 Å². The van der Waals surface area contributed by atoms with Crippen molar-refractivity contribution in [3.8, 4) is 0 Å². The average molecular weight is 271 g/mol. The molecule has 1 aliphatic heterocycles. The standard InChI is InChI=1S/C16H21N3O/c1-19(12-13-5-3-2-4-6-13)16-11-15(18-20-16)14-7-9-17-10-8-14/h2-6,11,14,17H,7-10,12H2,1H3. The van der Waals surface area contributed by atoms with Crippen molar-refractivity contribution in [3.63, 3.8) is 0 Å². The molecule has 20 heavy (non-hydrogen) atoms. The molecule has 1 aromatic heterocycles. The van der Waals surface area contributed by atoms with E-state index in [-0.39, 0.29) is 0 Å². The fraction of sp³-hybridized carbons (Fsp3) is 0.438. The topological polar surface area (TPSA) is 41.3 Å². The lowest BCUT2D eigenvalue weighted by atomic mass is 9.95. The van der Waals surface area contributed by atoms with Crippen molar-refractivity contribution in [2.75, 3.05) is 25.0 Å². The van der Waals surface area contributed by atoms with Crippen LogP contribution in [0.2, 0.25) is 0 Å². The maximum atomic E-state index is 5.51. The van der Waals surface area contributed by atoms with E-state index in [2.05, 4.69) is 45.7 Å². The number of piperidine rings is 1. The maximum Gasteiger partial charge on any atom is 0.227 e. The van der Waals surface area contributed by atoms with Crippen LogP contribution < -0.4 is 10.2 Å². The summed E-state index contributed by atoms with van der Waals surface area (Å²) >= 11 is 0. The number of hydrogen-bond donors (Lipinski definition) is 1. The van der Waals surface area contributed by atoms with E-state index in [9.17, 15) is 0 Å². The molecule has 4 nitrogen and oxygen atoms in total. The Morgan fingerprint density at radius 1 is 1.25 bits per heavy atom. The SMILES string of the molecule is CN(Cc1ccccc1)c1cc(C2CCNCC2)no1. The quantitative estimate of drug-likeness (QED) is 0.928. The third-order valence-corrected chi connectivity index (χ3v) is 3.91. The molecule has 3 rings (SSSR count). The molecule has 106 valence electrons. The average Bonchev–Trinajstić information content (AvgIpc) is 2.99. The van der Waals surface area contributed by atoms with Crippen LogP contribution in [0.5, 0.6) is 0 Å². The minimum Gasteiger partial charge on any atom is -0.339 e. The van der Waals surface area contributed by atoms with E-state index in [1.165, 1.54) is 5.56 Å². The van der Waals surface area contributed by atoms with Gasteiger partial charge in [-0.05, 0) is 31.5 Å². The molecule has 1 saturated heterocycles. The number of hydrogen-bond acceptors (Lipinski definition) is 4. The van der Waals surface area contributed by atoms with Gasteiger partial charge >= 0.3 is 0 Å². The highest BCUT2D eigenvalue weighted by Gasteiger charge is 2.20. The summed E-state index contributed by atoms with van der Waals surface area (Å²) in [5.41, 5.74) is 2.37. The van der Waals surface area contributed by atoms with Crippen LogP contribution in [-0.4, -0.2) is 25.3 Å². The number of anilines is 1. The highest BCUT2D eigenvalue weighted by molar-refractivity contribution is 5.37. The lowest BCUT2D eigenvalue weighted by molar-refractivity contribution is 0.386. The summed E-state index contributed by atoms with van der Waals surface area (Å²) in [4.78, 5) is 2.10. The molecule has 0 atom stereocenters. The normalized spacial score (nSPS) is 16.2. The second kappa shape index (κ2) is 6.09. The van der Waals surface area contributed by atoms with Crippen LogP contribution in [0.15, 0.2) is 40.9 Å². The first-order valence-corrected chi connectivity index (χ1v) is 7.25. The first-order valence-electron chi connectivity index (χ1n) is 7.25. The van der Waals surface area contributed by atoms with E-state index in [1.807, 2.05) is 13.1 Å². The summed E-state index contributed by atoms with van der Waals surface area (Å²) < 4.78 is 5.51. The Morgan fingerprint density at radius 2 is 2.00 bits per heavy atom. The van der Waals surface area contributed by atoms with E-state index in [4.69, 9.17) is 4.52 Å². The number of nitrogens with zero attached hydrogens (tertiary/aromatic N) is 2. The molecule has 0 amide bonds. The molecule has 0 aliphatic carbocycles. The largest absolute Gasteiger partial charge is 0.339 e. The first-order chi connectivity index (χ1) is 9.83. The zero-order valence-electron chi connectivity index (χ0n) is 11.9. The molecule has 0 radical (unpaired) electrons. The molecular formula is C16H21N3O. The summed E-state index contributed by atoms with van der Waals surface area (Å²) in [6.07, 6.45) is 2.29. The first kappa shape index (κ1) is 13.2. The monoisotopic (exact) mass is 271 g/mol. The zero-order valence-corrected chi connectivity index (χ0v) is 11.9. The van der Waals surface area contributed by atoms with Crippen molar-refractivity contribution in [3.05, 3.63) is 47.7 Å². The number of nitrogens with one attached hydrogen (secondary N) is 1. The van der Waals surface area contributed by atoms with Crippen LogP contribution in [0.4, 0.5) is 5.88 Å². The summed E-state index contributed by atoms with van der Waals surface area (Å²) in [6, 6.07) is 12.5. The zero-order chi connectivity index (χ0) is 13.8. The van der Waals surface area contributed by atoms with Gasteiger partial charge in [0.25, 0.3) is 0 Å². The van der Waals surface area contributed by atoms with Gasteiger partial charge < -0.3 is 14.7 Å². The van der Waals surface area contributed by atoms with Crippen molar-refractivity contribution in [1.29, 1.82) is 0 Å². The minimum absolute atomic E-state index is 0.541. The van der Waals surface area contributed by atoms with Gasteiger partial charge in [0.1, 0.15) is 0 Å². The Hall–Kier alpha value is -1.81. The van der Waals surface area contributed by atoms with Crippen molar-refractivity contribution in [1.82, 2.24) is 10.5 Å². The molecular weight excluding hydrogens is 250 g/mol. The Kier molecular flexibility index (Phi) is 4.02. The Labute approximate surface area is 119 Å². The molecule has 2 aromatic rings. The second-order valence-corrected chi connectivity index (χ2v) is 5.46. The number of benzene rings is 1. The van der Waals surface area contributed by atoms with E-state index in [0.717, 1.165) is 44.1 Å². The smallest absolute Gasteiger partial charge is 0.227 e. The molecule has 1 aliphatic rings. The van der Waals surface area contributed by atoms with Crippen LogP contribution in [0.1, 0.15) is 30.0 Å². The molecule has 0 saturated carbocycles. The molecule has 0 unspecified atom stereocenters. The van der Waals surface area contributed by atoms with Gasteiger partial charge in [-0.3, -0.25) is 0 Å². The lowest BCUT2D eigenvalue weighted by Crippen LogP contribution is -2.26. The van der Waals surface area contributed by atoms with Gasteiger partial charge in [-0.15, -0.1) is 0 Å². The Morgan fingerprint density at radius 3 is 2.75 bits per heavy atom. The molecule has 0 spiro atoms. The van der Waals surface area contributed by atoms with Gasteiger partial charge in [-0.25, -0.2) is 0 Å².